The Bertz CT molecular complexity index is 425. The lowest BCUT2D eigenvalue weighted by molar-refractivity contribution is -0.125. The van der Waals surface area contributed by atoms with E-state index in [0.717, 1.165) is 12.1 Å². The van der Waals surface area contributed by atoms with Crippen LogP contribution in [0.2, 0.25) is 0 Å². The zero-order valence-corrected chi connectivity index (χ0v) is 14.8. The van der Waals surface area contributed by atoms with Crippen LogP contribution < -0.4 is 11.1 Å². The Kier molecular flexibility index (Phi) is 11.6. The second-order valence-corrected chi connectivity index (χ2v) is 5.37. The third-order valence-corrected chi connectivity index (χ3v) is 3.26. The molecular weight excluding hydrogens is 309 g/mol. The van der Waals surface area contributed by atoms with Crippen molar-refractivity contribution in [3.63, 3.8) is 0 Å². The summed E-state index contributed by atoms with van der Waals surface area (Å²) in [6, 6.07) is 8.04. The minimum atomic E-state index is -0.166. The molecule has 6 heteroatoms. The molecule has 1 aromatic rings. The maximum absolute atomic E-state index is 11.9. The smallest absolute Gasteiger partial charge is 0.224 e. The number of hydrogen-bond acceptors (Lipinski definition) is 3. The van der Waals surface area contributed by atoms with Gasteiger partial charge in [0.15, 0.2) is 0 Å². The molecule has 0 spiro atoms. The van der Waals surface area contributed by atoms with Gasteiger partial charge in [-0.3, -0.25) is 4.79 Å². The van der Waals surface area contributed by atoms with E-state index in [1.54, 1.807) is 0 Å². The lowest BCUT2D eigenvalue weighted by Crippen LogP contribution is -2.38. The molecule has 2 atom stereocenters. The highest BCUT2D eigenvalue weighted by atomic mass is 35.5. The van der Waals surface area contributed by atoms with Crippen LogP contribution in [0.25, 0.3) is 0 Å². The highest BCUT2D eigenvalue weighted by Gasteiger charge is 2.16. The largest absolute Gasteiger partial charge is 0.352 e. The van der Waals surface area contributed by atoms with Crippen molar-refractivity contribution in [1.82, 2.24) is 10.2 Å². The fourth-order valence-corrected chi connectivity index (χ4v) is 1.81. The molecule has 1 amide bonds. The maximum atomic E-state index is 11.9. The molecule has 3 N–H and O–H groups in total. The number of nitrogens with zero attached hydrogens (tertiary/aromatic N) is 1. The number of nitrogens with one attached hydrogen (secondary N) is 1. The van der Waals surface area contributed by atoms with E-state index in [2.05, 4.69) is 22.3 Å². The molecule has 0 bridgehead atoms. The summed E-state index contributed by atoms with van der Waals surface area (Å²) < 4.78 is 0. The van der Waals surface area contributed by atoms with E-state index in [-0.39, 0.29) is 42.7 Å². The zero-order valence-electron chi connectivity index (χ0n) is 13.1. The van der Waals surface area contributed by atoms with Gasteiger partial charge >= 0.3 is 0 Å². The van der Waals surface area contributed by atoms with Gasteiger partial charge in [-0.2, -0.15) is 0 Å². The van der Waals surface area contributed by atoms with Crippen LogP contribution in [-0.4, -0.2) is 30.9 Å². The highest BCUT2D eigenvalue weighted by Crippen LogP contribution is 2.11. The fourth-order valence-electron chi connectivity index (χ4n) is 1.81. The van der Waals surface area contributed by atoms with Crippen molar-refractivity contribution in [2.75, 3.05) is 14.1 Å². The first kappa shape index (κ1) is 22.5. The molecule has 1 rings (SSSR count). The summed E-state index contributed by atoms with van der Waals surface area (Å²) in [6.45, 7) is 5.13. The summed E-state index contributed by atoms with van der Waals surface area (Å²) in [7, 11) is 4.07. The number of amides is 1. The summed E-state index contributed by atoms with van der Waals surface area (Å²) in [5.74, 6) is -0.157. The normalized spacial score (nSPS) is 12.9. The number of hydrogen-bond donors (Lipinski definition) is 2. The van der Waals surface area contributed by atoms with E-state index < -0.39 is 0 Å². The Hall–Kier alpha value is -0.810. The fraction of sp³-hybridized carbons (Fsp3) is 0.533. The van der Waals surface area contributed by atoms with Crippen LogP contribution in [0.1, 0.15) is 25.0 Å². The highest BCUT2D eigenvalue weighted by molar-refractivity contribution is 5.85. The summed E-state index contributed by atoms with van der Waals surface area (Å²) in [4.78, 5) is 14.0. The van der Waals surface area contributed by atoms with Crippen molar-refractivity contribution in [2.45, 2.75) is 33.0 Å². The summed E-state index contributed by atoms with van der Waals surface area (Å²) in [6.07, 6.45) is 0. The standard InChI is InChI=1S/C15H25N3O.2ClH/c1-11(12(2)16)15(19)17-9-13-7-5-6-8-14(13)10-18(3)4;;/h5-8,11-12H,9-10,16H2,1-4H3,(H,17,19);2*1H. The number of carbonyl (C=O) groups is 1. The summed E-state index contributed by atoms with van der Waals surface area (Å²) >= 11 is 0. The Labute approximate surface area is 140 Å². The monoisotopic (exact) mass is 335 g/mol. The van der Waals surface area contributed by atoms with E-state index >= 15 is 0 Å². The van der Waals surface area contributed by atoms with E-state index in [4.69, 9.17) is 5.73 Å². The van der Waals surface area contributed by atoms with Gasteiger partial charge in [-0.15, -0.1) is 24.8 Å². The molecule has 0 radical (unpaired) electrons. The first-order chi connectivity index (χ1) is 8.91. The lowest BCUT2D eigenvalue weighted by atomic mass is 10.0. The molecule has 0 aliphatic heterocycles. The molecule has 122 valence electrons. The van der Waals surface area contributed by atoms with Crippen LogP contribution in [-0.2, 0) is 17.9 Å². The third-order valence-electron chi connectivity index (χ3n) is 3.26. The van der Waals surface area contributed by atoms with Crippen LogP contribution in [0.15, 0.2) is 24.3 Å². The van der Waals surface area contributed by atoms with E-state index in [1.807, 2.05) is 40.1 Å². The Morgan fingerprint density at radius 2 is 1.71 bits per heavy atom. The molecule has 0 aromatic heterocycles. The Morgan fingerprint density at radius 3 is 2.19 bits per heavy atom. The average Bonchev–Trinajstić information content (AvgIpc) is 2.35. The molecule has 0 heterocycles. The van der Waals surface area contributed by atoms with E-state index in [9.17, 15) is 4.79 Å². The number of benzene rings is 1. The number of carbonyl (C=O) groups excluding carboxylic acids is 1. The van der Waals surface area contributed by atoms with E-state index in [0.29, 0.717) is 6.54 Å². The van der Waals surface area contributed by atoms with Crippen LogP contribution in [0.5, 0.6) is 0 Å². The second-order valence-electron chi connectivity index (χ2n) is 5.37. The molecule has 0 saturated heterocycles. The first-order valence-electron chi connectivity index (χ1n) is 6.66. The van der Waals surface area contributed by atoms with Gasteiger partial charge < -0.3 is 16.0 Å². The molecule has 4 nitrogen and oxygen atoms in total. The average molecular weight is 336 g/mol. The molecule has 0 aliphatic rings. The topological polar surface area (TPSA) is 58.4 Å². The van der Waals surface area contributed by atoms with Crippen molar-refractivity contribution in [2.24, 2.45) is 11.7 Å². The first-order valence-corrected chi connectivity index (χ1v) is 6.66. The predicted molar refractivity (Wildman–Crippen MR) is 93.0 cm³/mol. The molecule has 0 aliphatic carbocycles. The van der Waals surface area contributed by atoms with Gasteiger partial charge in [0.05, 0.1) is 0 Å². The van der Waals surface area contributed by atoms with Crippen molar-refractivity contribution < 1.29 is 4.79 Å². The lowest BCUT2D eigenvalue weighted by Gasteiger charge is -2.17. The van der Waals surface area contributed by atoms with Crippen LogP contribution in [0.3, 0.4) is 0 Å². The zero-order chi connectivity index (χ0) is 14.4. The molecular formula is C15H27Cl2N3O. The Morgan fingerprint density at radius 1 is 1.19 bits per heavy atom. The minimum absolute atomic E-state index is 0. The predicted octanol–water partition coefficient (Wildman–Crippen LogP) is 2.19. The van der Waals surface area contributed by atoms with Crippen molar-refractivity contribution in [3.05, 3.63) is 35.4 Å². The van der Waals surface area contributed by atoms with Gasteiger partial charge in [-0.25, -0.2) is 0 Å². The number of rotatable bonds is 6. The van der Waals surface area contributed by atoms with Crippen LogP contribution >= 0.6 is 24.8 Å². The van der Waals surface area contributed by atoms with Gasteiger partial charge in [0.25, 0.3) is 0 Å². The number of nitrogens with two attached hydrogens (primary N) is 1. The van der Waals surface area contributed by atoms with Crippen LogP contribution in [0.4, 0.5) is 0 Å². The quantitative estimate of drug-likeness (QED) is 0.837. The second kappa shape index (κ2) is 10.9. The molecule has 2 unspecified atom stereocenters. The molecule has 21 heavy (non-hydrogen) atoms. The van der Waals surface area contributed by atoms with Gasteiger partial charge in [0, 0.05) is 25.0 Å². The van der Waals surface area contributed by atoms with Crippen LogP contribution in [0, 0.1) is 5.92 Å². The molecule has 0 saturated carbocycles. The van der Waals surface area contributed by atoms with Gasteiger partial charge in [-0.1, -0.05) is 31.2 Å². The summed E-state index contributed by atoms with van der Waals surface area (Å²) in [5, 5.41) is 2.96. The minimum Gasteiger partial charge on any atom is -0.352 e. The van der Waals surface area contributed by atoms with Gasteiger partial charge in [0.2, 0.25) is 5.91 Å². The van der Waals surface area contributed by atoms with Crippen molar-refractivity contribution in [3.8, 4) is 0 Å². The third kappa shape index (κ3) is 7.67. The van der Waals surface area contributed by atoms with Crippen molar-refractivity contribution in [1.29, 1.82) is 0 Å². The van der Waals surface area contributed by atoms with Gasteiger partial charge in [-0.05, 0) is 32.1 Å². The van der Waals surface area contributed by atoms with Crippen molar-refractivity contribution >= 4 is 30.7 Å². The molecule has 0 fully saturated rings. The number of halogens is 2. The Balaban J connectivity index is 0. The summed E-state index contributed by atoms with van der Waals surface area (Å²) in [5.41, 5.74) is 8.13. The SMILES string of the molecule is CC(N)C(C)C(=O)NCc1ccccc1CN(C)C.Cl.Cl. The maximum Gasteiger partial charge on any atom is 0.224 e. The van der Waals surface area contributed by atoms with Gasteiger partial charge in [0.1, 0.15) is 0 Å². The van der Waals surface area contributed by atoms with E-state index in [1.165, 1.54) is 5.56 Å². The molecule has 1 aromatic carbocycles.